The first-order valence-electron chi connectivity index (χ1n) is 7.49. The van der Waals surface area contributed by atoms with Crippen LogP contribution in [0, 0.1) is 5.82 Å². The number of methoxy groups -OCH3 is 1. The van der Waals surface area contributed by atoms with E-state index in [1.54, 1.807) is 30.3 Å². The van der Waals surface area contributed by atoms with Gasteiger partial charge in [-0.15, -0.1) is 10.2 Å². The highest BCUT2D eigenvalue weighted by Gasteiger charge is 2.15. The molecule has 0 amide bonds. The van der Waals surface area contributed by atoms with Gasteiger partial charge in [-0.3, -0.25) is 4.72 Å². The molecule has 0 bridgehead atoms. The van der Waals surface area contributed by atoms with Gasteiger partial charge in [0.05, 0.1) is 12.0 Å². The summed E-state index contributed by atoms with van der Waals surface area (Å²) in [5.74, 6) is 0.680. The lowest BCUT2D eigenvalue weighted by Crippen LogP contribution is -2.14. The van der Waals surface area contributed by atoms with Crippen LogP contribution < -0.4 is 14.8 Å². The second-order valence-corrected chi connectivity index (χ2v) is 6.90. The average molecular weight is 374 g/mol. The maximum absolute atomic E-state index is 12.9. The molecule has 2 N–H and O–H groups in total. The van der Waals surface area contributed by atoms with Crippen molar-refractivity contribution in [3.8, 4) is 5.75 Å². The summed E-state index contributed by atoms with van der Waals surface area (Å²) in [5.41, 5.74) is 0.632. The van der Waals surface area contributed by atoms with Crippen molar-refractivity contribution in [2.75, 3.05) is 17.1 Å². The SMILES string of the molecule is COc1ccc(S(=O)(=O)Nc2ccc(Nc3ccc(F)cc3)nn2)cc1. The van der Waals surface area contributed by atoms with E-state index in [0.29, 0.717) is 17.3 Å². The van der Waals surface area contributed by atoms with Gasteiger partial charge in [0.2, 0.25) is 0 Å². The standard InChI is InChI=1S/C17H15FN4O3S/c1-25-14-6-8-15(9-7-14)26(23,24)22-17-11-10-16(20-21-17)19-13-4-2-12(18)3-5-13/h2-11H,1H3,(H,19,20)(H,21,22). The summed E-state index contributed by atoms with van der Waals surface area (Å²) in [6.45, 7) is 0. The highest BCUT2D eigenvalue weighted by molar-refractivity contribution is 7.92. The molecule has 0 saturated heterocycles. The molecule has 0 fully saturated rings. The lowest BCUT2D eigenvalue weighted by molar-refractivity contribution is 0.414. The molecule has 0 saturated carbocycles. The average Bonchev–Trinajstić information content (AvgIpc) is 2.65. The maximum atomic E-state index is 12.9. The van der Waals surface area contributed by atoms with Crippen molar-refractivity contribution >= 4 is 27.3 Å². The zero-order chi connectivity index (χ0) is 18.6. The Morgan fingerprint density at radius 3 is 2.08 bits per heavy atom. The third-order valence-electron chi connectivity index (χ3n) is 3.39. The van der Waals surface area contributed by atoms with Gasteiger partial charge in [0.25, 0.3) is 10.0 Å². The summed E-state index contributed by atoms with van der Waals surface area (Å²) in [6.07, 6.45) is 0. The number of aromatic nitrogens is 2. The molecule has 0 radical (unpaired) electrons. The zero-order valence-electron chi connectivity index (χ0n) is 13.7. The Kier molecular flexibility index (Phi) is 4.99. The van der Waals surface area contributed by atoms with Crippen LogP contribution in [0.3, 0.4) is 0 Å². The van der Waals surface area contributed by atoms with Gasteiger partial charge >= 0.3 is 0 Å². The van der Waals surface area contributed by atoms with Gasteiger partial charge in [0.15, 0.2) is 11.6 Å². The van der Waals surface area contributed by atoms with Crippen LogP contribution in [0.1, 0.15) is 0 Å². The lowest BCUT2D eigenvalue weighted by Gasteiger charge is -2.09. The quantitative estimate of drug-likeness (QED) is 0.688. The number of anilines is 3. The Balaban J connectivity index is 1.70. The number of rotatable bonds is 6. The molecule has 7 nitrogen and oxygen atoms in total. The van der Waals surface area contributed by atoms with Crippen LogP contribution in [-0.4, -0.2) is 25.7 Å². The summed E-state index contributed by atoms with van der Waals surface area (Å²) in [7, 11) is -2.29. The monoisotopic (exact) mass is 374 g/mol. The minimum absolute atomic E-state index is 0.0745. The summed E-state index contributed by atoms with van der Waals surface area (Å²) in [6, 6.07) is 14.7. The molecule has 134 valence electrons. The molecule has 0 unspecified atom stereocenters. The van der Waals surface area contributed by atoms with Gasteiger partial charge in [-0.25, -0.2) is 12.8 Å². The van der Waals surface area contributed by atoms with Crippen molar-refractivity contribution in [3.63, 3.8) is 0 Å². The van der Waals surface area contributed by atoms with Crippen LogP contribution in [-0.2, 0) is 10.0 Å². The van der Waals surface area contributed by atoms with Gasteiger partial charge < -0.3 is 10.1 Å². The van der Waals surface area contributed by atoms with E-state index in [-0.39, 0.29) is 16.5 Å². The molecule has 1 heterocycles. The third-order valence-corrected chi connectivity index (χ3v) is 4.76. The topological polar surface area (TPSA) is 93.2 Å². The molecule has 0 aliphatic rings. The van der Waals surface area contributed by atoms with E-state index >= 15 is 0 Å². The lowest BCUT2D eigenvalue weighted by atomic mass is 10.3. The number of nitrogens with zero attached hydrogens (tertiary/aromatic N) is 2. The van der Waals surface area contributed by atoms with E-state index in [9.17, 15) is 12.8 Å². The van der Waals surface area contributed by atoms with Crippen LogP contribution >= 0.6 is 0 Å². The molecule has 26 heavy (non-hydrogen) atoms. The normalized spacial score (nSPS) is 11.0. The van der Waals surface area contributed by atoms with Crippen LogP contribution in [0.25, 0.3) is 0 Å². The Morgan fingerprint density at radius 2 is 1.50 bits per heavy atom. The Labute approximate surface area is 149 Å². The molecule has 2 aromatic carbocycles. The second kappa shape index (κ2) is 7.36. The van der Waals surface area contributed by atoms with Crippen LogP contribution in [0.2, 0.25) is 0 Å². The minimum atomic E-state index is -3.78. The number of hydrogen-bond donors (Lipinski definition) is 2. The van der Waals surface area contributed by atoms with E-state index in [4.69, 9.17) is 4.74 Å². The first-order valence-corrected chi connectivity index (χ1v) is 8.98. The number of nitrogens with one attached hydrogen (secondary N) is 2. The fourth-order valence-electron chi connectivity index (χ4n) is 2.09. The summed E-state index contributed by atoms with van der Waals surface area (Å²) < 4.78 is 44.9. The van der Waals surface area contributed by atoms with Gasteiger partial charge in [-0.1, -0.05) is 0 Å². The third kappa shape index (κ3) is 4.25. The van der Waals surface area contributed by atoms with Crippen LogP contribution in [0.5, 0.6) is 5.75 Å². The van der Waals surface area contributed by atoms with Crippen molar-refractivity contribution in [1.82, 2.24) is 10.2 Å². The molecule has 0 atom stereocenters. The van der Waals surface area contributed by atoms with Gasteiger partial charge in [0.1, 0.15) is 11.6 Å². The van der Waals surface area contributed by atoms with Crippen LogP contribution in [0.4, 0.5) is 21.7 Å². The first kappa shape index (κ1) is 17.6. The van der Waals surface area contributed by atoms with Crippen molar-refractivity contribution in [3.05, 3.63) is 66.5 Å². The highest BCUT2D eigenvalue weighted by atomic mass is 32.2. The number of benzene rings is 2. The number of halogens is 1. The van der Waals surface area contributed by atoms with Gasteiger partial charge in [0, 0.05) is 5.69 Å². The molecule has 1 aromatic heterocycles. The van der Waals surface area contributed by atoms with Gasteiger partial charge in [-0.2, -0.15) is 0 Å². The maximum Gasteiger partial charge on any atom is 0.263 e. The second-order valence-electron chi connectivity index (χ2n) is 5.22. The smallest absolute Gasteiger partial charge is 0.263 e. The molecule has 0 aliphatic carbocycles. The first-order chi connectivity index (χ1) is 12.5. The fraction of sp³-hybridized carbons (Fsp3) is 0.0588. The van der Waals surface area contributed by atoms with Crippen LogP contribution in [0.15, 0.2) is 65.6 Å². The molecule has 3 aromatic rings. The molecule has 9 heteroatoms. The highest BCUT2D eigenvalue weighted by Crippen LogP contribution is 2.19. The van der Waals surface area contributed by atoms with Gasteiger partial charge in [-0.05, 0) is 60.7 Å². The molecular weight excluding hydrogens is 359 g/mol. The Bertz CT molecular complexity index is 976. The van der Waals surface area contributed by atoms with Crippen molar-refractivity contribution in [2.45, 2.75) is 4.90 Å². The Morgan fingerprint density at radius 1 is 0.885 bits per heavy atom. The fourth-order valence-corrected chi connectivity index (χ4v) is 3.08. The molecule has 3 rings (SSSR count). The number of ether oxygens (including phenoxy) is 1. The minimum Gasteiger partial charge on any atom is -0.497 e. The summed E-state index contributed by atoms with van der Waals surface area (Å²) >= 11 is 0. The van der Waals surface area contributed by atoms with E-state index in [1.165, 1.54) is 37.4 Å². The van der Waals surface area contributed by atoms with Crippen molar-refractivity contribution in [2.24, 2.45) is 0 Å². The van der Waals surface area contributed by atoms with E-state index < -0.39 is 10.0 Å². The molecule has 0 spiro atoms. The van der Waals surface area contributed by atoms with Crippen molar-refractivity contribution < 1.29 is 17.5 Å². The predicted molar refractivity (Wildman–Crippen MR) is 95.5 cm³/mol. The largest absolute Gasteiger partial charge is 0.497 e. The van der Waals surface area contributed by atoms with E-state index in [2.05, 4.69) is 20.2 Å². The zero-order valence-corrected chi connectivity index (χ0v) is 14.5. The number of sulfonamides is 1. The Hall–Kier alpha value is -3.20. The predicted octanol–water partition coefficient (Wildman–Crippen LogP) is 3.17. The molecular formula is C17H15FN4O3S. The van der Waals surface area contributed by atoms with E-state index in [1.807, 2.05) is 0 Å². The summed E-state index contributed by atoms with van der Waals surface area (Å²) in [5, 5.41) is 10.7. The molecule has 0 aliphatic heterocycles. The van der Waals surface area contributed by atoms with Crippen molar-refractivity contribution in [1.29, 1.82) is 0 Å². The summed E-state index contributed by atoms with van der Waals surface area (Å²) in [4.78, 5) is 0.0774. The number of hydrogen-bond acceptors (Lipinski definition) is 6. The van der Waals surface area contributed by atoms with E-state index in [0.717, 1.165) is 0 Å².